The summed E-state index contributed by atoms with van der Waals surface area (Å²) in [5.74, 6) is 1.33. The molecule has 1 saturated heterocycles. The predicted molar refractivity (Wildman–Crippen MR) is 192 cm³/mol. The van der Waals surface area contributed by atoms with Crippen LogP contribution in [0.4, 0.5) is 10.5 Å². The van der Waals surface area contributed by atoms with Gasteiger partial charge in [-0.25, -0.2) is 9.79 Å². The van der Waals surface area contributed by atoms with Gasteiger partial charge in [0.2, 0.25) is 0 Å². The Morgan fingerprint density at radius 3 is 2.40 bits per heavy atom. The number of allylic oxidation sites excluding steroid dienone is 1. The van der Waals surface area contributed by atoms with E-state index in [1.54, 1.807) is 29.0 Å². The minimum atomic E-state index is -0.372. The van der Waals surface area contributed by atoms with E-state index in [0.717, 1.165) is 29.7 Å². The van der Waals surface area contributed by atoms with Crippen LogP contribution in [0.5, 0.6) is 5.75 Å². The lowest BCUT2D eigenvalue weighted by Gasteiger charge is -2.32. The van der Waals surface area contributed by atoms with Gasteiger partial charge in [0, 0.05) is 23.7 Å². The van der Waals surface area contributed by atoms with E-state index in [-0.39, 0.29) is 40.5 Å². The number of fused-ring (bicyclic) bond motifs is 1. The molecule has 5 rings (SSSR count). The number of likely N-dealkylation sites (tertiary alicyclic amines) is 1. The van der Waals surface area contributed by atoms with Gasteiger partial charge in [0.15, 0.2) is 0 Å². The number of hydrogen-bond donors (Lipinski definition) is 5. The maximum absolute atomic E-state index is 13.4. The second-order valence-electron chi connectivity index (χ2n) is 15.0. The Labute approximate surface area is 284 Å². The van der Waals surface area contributed by atoms with Crippen molar-refractivity contribution in [2.45, 2.75) is 79.0 Å². The molecule has 1 aliphatic carbocycles. The van der Waals surface area contributed by atoms with Gasteiger partial charge in [0.05, 0.1) is 24.0 Å². The molecule has 2 heterocycles. The van der Waals surface area contributed by atoms with Crippen LogP contribution < -0.4 is 26.6 Å². The first-order chi connectivity index (χ1) is 22.6. The van der Waals surface area contributed by atoms with E-state index >= 15 is 0 Å². The third-order valence-corrected chi connectivity index (χ3v) is 9.15. The summed E-state index contributed by atoms with van der Waals surface area (Å²) in [7, 11) is 2.04. The minimum absolute atomic E-state index is 0.0689. The molecule has 10 heteroatoms. The number of aliphatic imine (C=N–C) groups is 1. The number of carbonyl (C=O) groups excluding carboxylic acids is 1. The van der Waals surface area contributed by atoms with E-state index in [1.165, 1.54) is 0 Å². The fourth-order valence-electron chi connectivity index (χ4n) is 6.46. The van der Waals surface area contributed by atoms with Crippen molar-refractivity contribution in [1.29, 1.82) is 10.8 Å². The number of nitrogens with zero attached hydrogens (tertiary/aromatic N) is 3. The third-order valence-electron chi connectivity index (χ3n) is 9.15. The number of likely N-dealkylation sites (N-methyl/N-ethyl adjacent to an activating group) is 1. The summed E-state index contributed by atoms with van der Waals surface area (Å²) in [6.07, 6.45) is 5.42. The molecule has 10 nitrogen and oxygen atoms in total. The highest BCUT2D eigenvalue weighted by atomic mass is 16.5. The van der Waals surface area contributed by atoms with Gasteiger partial charge in [-0.2, -0.15) is 0 Å². The summed E-state index contributed by atoms with van der Waals surface area (Å²) in [6.45, 7) is 13.4. The van der Waals surface area contributed by atoms with E-state index < -0.39 is 0 Å². The molecule has 6 N–H and O–H groups in total. The average Bonchev–Trinajstić information content (AvgIpc) is 3.31. The fraction of sp³-hybridized carbons (Fsp3) is 0.421. The number of carbonyl (C=O) groups is 1. The summed E-state index contributed by atoms with van der Waals surface area (Å²) in [5.41, 5.74) is 10.9. The number of ether oxygens (including phenoxy) is 1. The Balaban J connectivity index is 1.32. The van der Waals surface area contributed by atoms with Gasteiger partial charge in [-0.3, -0.25) is 25.6 Å². The molecular weight excluding hydrogens is 600 g/mol. The number of pyridine rings is 1. The first-order valence-corrected chi connectivity index (χ1v) is 16.6. The largest absolute Gasteiger partial charge is 0.484 e. The molecule has 254 valence electrons. The molecule has 2 aromatic carbocycles. The lowest BCUT2D eigenvalue weighted by Crippen LogP contribution is -2.42. The quantitative estimate of drug-likeness (QED) is 0.149. The number of aromatic nitrogens is 1. The maximum atomic E-state index is 13.4. The predicted octanol–water partition coefficient (Wildman–Crippen LogP) is 6.70. The number of urea groups is 1. The number of nitrogens with one attached hydrogen (secondary N) is 4. The zero-order valence-electron chi connectivity index (χ0n) is 29.2. The van der Waals surface area contributed by atoms with Gasteiger partial charge in [0.1, 0.15) is 29.0 Å². The molecule has 0 radical (unpaired) electrons. The monoisotopic (exact) mass is 650 g/mol. The smallest absolute Gasteiger partial charge is 0.320 e. The summed E-state index contributed by atoms with van der Waals surface area (Å²) >= 11 is 0. The molecule has 2 amide bonds. The van der Waals surface area contributed by atoms with Gasteiger partial charge in [-0.15, -0.1) is 0 Å². The zero-order chi connectivity index (χ0) is 34.8. The van der Waals surface area contributed by atoms with E-state index in [9.17, 15) is 4.79 Å². The van der Waals surface area contributed by atoms with Crippen molar-refractivity contribution in [3.8, 4) is 5.75 Å². The normalized spacial score (nSPS) is 21.4. The van der Waals surface area contributed by atoms with Crippen LogP contribution in [0.3, 0.4) is 0 Å². The fourth-order valence-corrected chi connectivity index (χ4v) is 6.46. The van der Waals surface area contributed by atoms with Gasteiger partial charge in [-0.05, 0) is 74.0 Å². The number of benzene rings is 2. The lowest BCUT2D eigenvalue weighted by molar-refractivity contribution is 0.171. The van der Waals surface area contributed by atoms with E-state index in [4.69, 9.17) is 21.3 Å². The first kappa shape index (κ1) is 34.6. The highest BCUT2D eigenvalue weighted by molar-refractivity contribution is 6.05. The van der Waals surface area contributed by atoms with Crippen LogP contribution in [-0.2, 0) is 0 Å². The van der Waals surface area contributed by atoms with E-state index in [0.29, 0.717) is 41.6 Å². The molecule has 0 saturated carbocycles. The number of hydrogen-bond acceptors (Lipinski definition) is 7. The maximum Gasteiger partial charge on any atom is 0.320 e. The van der Waals surface area contributed by atoms with Gasteiger partial charge >= 0.3 is 6.03 Å². The Hall–Kier alpha value is -4.70. The number of aryl methyl sites for hydroxylation is 1. The van der Waals surface area contributed by atoms with Gasteiger partial charge in [-0.1, -0.05) is 76.6 Å². The van der Waals surface area contributed by atoms with E-state index in [1.807, 2.05) is 83.3 Å². The van der Waals surface area contributed by atoms with Crippen molar-refractivity contribution in [3.05, 3.63) is 101 Å². The van der Waals surface area contributed by atoms with Gasteiger partial charge < -0.3 is 15.8 Å². The molecule has 1 fully saturated rings. The van der Waals surface area contributed by atoms with E-state index in [2.05, 4.69) is 34.4 Å². The Bertz CT molecular complexity index is 1780. The SMILES string of the molecule is Cc1ccc(N=C(C=C(N)C(C)(C)C)NC(=O)N[C@H]2CC[C@@H](Oc3ccc(=N)n(C(=N)[C@@H]4CC(C)(C)CN4C)c3)c3ccccc32)cc1. The summed E-state index contributed by atoms with van der Waals surface area (Å²) < 4.78 is 8.17. The zero-order valence-corrected chi connectivity index (χ0v) is 29.2. The number of amidine groups is 1. The van der Waals surface area contributed by atoms with Crippen LogP contribution >= 0.6 is 0 Å². The standard InChI is InChI=1S/C38H50N8O2/c1-24-12-14-25(15-13-24)42-34(20-32(39)37(2,3)4)44-36(47)43-29-17-18-31(28-11-9-8-10-27(28)29)48-26-16-19-33(40)46(22-26)35(41)30-21-38(5,6)23-45(30)7/h8-16,19-20,22,29-31,40-41H,17-18,21,23,39H2,1-7H3,(H2,42,43,44,47)/t29-,30-,31+/m0/s1. The minimum Gasteiger partial charge on any atom is -0.484 e. The molecule has 0 unspecified atom stereocenters. The molecule has 1 aromatic heterocycles. The summed E-state index contributed by atoms with van der Waals surface area (Å²) in [5, 5.41) is 23.6. The van der Waals surface area contributed by atoms with Crippen LogP contribution in [-0.4, -0.2) is 46.8 Å². The van der Waals surface area contributed by atoms with Crippen molar-refractivity contribution in [2.75, 3.05) is 13.6 Å². The van der Waals surface area contributed by atoms with Crippen molar-refractivity contribution in [3.63, 3.8) is 0 Å². The summed E-state index contributed by atoms with van der Waals surface area (Å²) in [6, 6.07) is 18.6. The highest BCUT2D eigenvalue weighted by Gasteiger charge is 2.38. The van der Waals surface area contributed by atoms with Crippen molar-refractivity contribution in [2.24, 2.45) is 21.6 Å². The van der Waals surface area contributed by atoms with Crippen LogP contribution in [0.2, 0.25) is 0 Å². The number of nitrogens with two attached hydrogens (primary N) is 1. The molecule has 48 heavy (non-hydrogen) atoms. The Morgan fingerprint density at radius 2 is 1.75 bits per heavy atom. The number of amides is 2. The van der Waals surface area contributed by atoms with Crippen LogP contribution in [0.15, 0.2) is 83.6 Å². The molecule has 3 aromatic rings. The van der Waals surface area contributed by atoms with Crippen molar-refractivity contribution >= 4 is 23.4 Å². The second kappa shape index (κ2) is 13.8. The van der Waals surface area contributed by atoms with Gasteiger partial charge in [0.25, 0.3) is 0 Å². The van der Waals surface area contributed by atoms with Crippen molar-refractivity contribution < 1.29 is 9.53 Å². The Morgan fingerprint density at radius 1 is 1.06 bits per heavy atom. The van der Waals surface area contributed by atoms with Crippen LogP contribution in [0.25, 0.3) is 0 Å². The third kappa shape index (κ3) is 8.23. The first-order valence-electron chi connectivity index (χ1n) is 16.6. The molecular formula is C38H50N8O2. The highest BCUT2D eigenvalue weighted by Crippen LogP contribution is 2.39. The lowest BCUT2D eigenvalue weighted by atomic mass is 9.85. The Kier molecular flexibility index (Phi) is 9.96. The van der Waals surface area contributed by atoms with Crippen LogP contribution in [0, 0.1) is 28.6 Å². The van der Waals surface area contributed by atoms with Crippen LogP contribution in [0.1, 0.15) is 82.7 Å². The van der Waals surface area contributed by atoms with Crippen molar-refractivity contribution in [1.82, 2.24) is 20.1 Å². The molecule has 1 aliphatic heterocycles. The average molecular weight is 651 g/mol. The molecule has 0 spiro atoms. The molecule has 0 bridgehead atoms. The topological polar surface area (TPSA) is 145 Å². The molecule has 3 atom stereocenters. The summed E-state index contributed by atoms with van der Waals surface area (Å²) in [4.78, 5) is 20.3. The number of rotatable bonds is 6. The second-order valence-corrected chi connectivity index (χ2v) is 15.0. The molecule has 2 aliphatic rings.